The van der Waals surface area contributed by atoms with Crippen molar-refractivity contribution in [1.29, 1.82) is 0 Å². The average molecular weight is 489 g/mol. The molecule has 1 fully saturated rings. The highest BCUT2D eigenvalue weighted by Gasteiger charge is 2.31. The van der Waals surface area contributed by atoms with Gasteiger partial charge in [0, 0.05) is 31.7 Å². The molecule has 1 aliphatic heterocycles. The summed E-state index contributed by atoms with van der Waals surface area (Å²) in [5.41, 5.74) is -0.158. The van der Waals surface area contributed by atoms with Crippen LogP contribution in [-0.2, 0) is 6.18 Å². The van der Waals surface area contributed by atoms with Crippen molar-refractivity contribution in [3.05, 3.63) is 88.6 Å². The molecule has 2 amide bonds. The number of benzene rings is 2. The molecule has 1 aromatic heterocycles. The van der Waals surface area contributed by atoms with Gasteiger partial charge < -0.3 is 15.1 Å². The number of nitrogens with one attached hydrogen (secondary N) is 1. The number of hydrogen-bond acceptors (Lipinski definition) is 4. The predicted molar refractivity (Wildman–Crippen MR) is 123 cm³/mol. The average Bonchev–Trinajstić information content (AvgIpc) is 2.84. The van der Waals surface area contributed by atoms with Gasteiger partial charge in [-0.25, -0.2) is 4.98 Å². The molecule has 0 atom stereocenters. The van der Waals surface area contributed by atoms with Crippen molar-refractivity contribution in [3.63, 3.8) is 0 Å². The molecule has 0 bridgehead atoms. The molecule has 0 radical (unpaired) electrons. The summed E-state index contributed by atoms with van der Waals surface area (Å²) >= 11 is 6.13. The van der Waals surface area contributed by atoms with Gasteiger partial charge in [-0.05, 0) is 42.5 Å². The Balaban J connectivity index is 1.35. The van der Waals surface area contributed by atoms with E-state index in [4.69, 9.17) is 11.6 Å². The van der Waals surface area contributed by atoms with Crippen molar-refractivity contribution in [3.8, 4) is 0 Å². The van der Waals surface area contributed by atoms with Crippen LogP contribution in [-0.4, -0.2) is 47.9 Å². The third kappa shape index (κ3) is 5.31. The lowest BCUT2D eigenvalue weighted by molar-refractivity contribution is -0.137. The first-order valence-corrected chi connectivity index (χ1v) is 10.8. The maximum absolute atomic E-state index is 12.9. The molecule has 1 N–H and O–H groups in total. The fourth-order valence-electron chi connectivity index (χ4n) is 3.63. The third-order valence-corrected chi connectivity index (χ3v) is 5.78. The Kier molecular flexibility index (Phi) is 6.74. The van der Waals surface area contributed by atoms with Gasteiger partial charge in [-0.15, -0.1) is 0 Å². The van der Waals surface area contributed by atoms with Crippen LogP contribution in [0.2, 0.25) is 5.02 Å². The summed E-state index contributed by atoms with van der Waals surface area (Å²) in [6.07, 6.45) is -3.08. The lowest BCUT2D eigenvalue weighted by Crippen LogP contribution is -2.49. The fourth-order valence-corrected chi connectivity index (χ4v) is 3.85. The van der Waals surface area contributed by atoms with E-state index in [9.17, 15) is 22.8 Å². The maximum atomic E-state index is 12.9. The second kappa shape index (κ2) is 9.72. The largest absolute Gasteiger partial charge is 0.416 e. The van der Waals surface area contributed by atoms with E-state index >= 15 is 0 Å². The number of alkyl halides is 3. The SMILES string of the molecule is O=C(Nc1ccc(N2CCN(C(=O)c3ccccc3Cl)CC2)nc1)c1cccc(C(F)(F)F)c1. The highest BCUT2D eigenvalue weighted by Crippen LogP contribution is 2.29. The Labute approximate surface area is 199 Å². The molecule has 34 heavy (non-hydrogen) atoms. The van der Waals surface area contributed by atoms with E-state index in [0.29, 0.717) is 48.3 Å². The number of piperazine rings is 1. The van der Waals surface area contributed by atoms with Gasteiger partial charge in [0.05, 0.1) is 28.0 Å². The highest BCUT2D eigenvalue weighted by atomic mass is 35.5. The summed E-state index contributed by atoms with van der Waals surface area (Å²) in [4.78, 5) is 33.2. The Hall–Kier alpha value is -3.59. The van der Waals surface area contributed by atoms with Gasteiger partial charge in [-0.1, -0.05) is 29.8 Å². The Morgan fingerprint density at radius 2 is 1.68 bits per heavy atom. The minimum atomic E-state index is -4.53. The minimum Gasteiger partial charge on any atom is -0.353 e. The number of carbonyl (C=O) groups excluding carboxylic acids is 2. The van der Waals surface area contributed by atoms with Crippen molar-refractivity contribution in [2.24, 2.45) is 0 Å². The zero-order valence-electron chi connectivity index (χ0n) is 17.8. The van der Waals surface area contributed by atoms with Gasteiger partial charge >= 0.3 is 6.18 Å². The van der Waals surface area contributed by atoms with Crippen LogP contribution in [0.4, 0.5) is 24.7 Å². The summed E-state index contributed by atoms with van der Waals surface area (Å²) in [7, 11) is 0. The zero-order valence-corrected chi connectivity index (χ0v) is 18.6. The van der Waals surface area contributed by atoms with Gasteiger partial charge in [0.2, 0.25) is 0 Å². The number of amides is 2. The van der Waals surface area contributed by atoms with Crippen molar-refractivity contribution in [2.75, 3.05) is 36.4 Å². The monoisotopic (exact) mass is 488 g/mol. The molecule has 0 spiro atoms. The second-order valence-corrected chi connectivity index (χ2v) is 8.10. The quantitative estimate of drug-likeness (QED) is 0.563. The number of halogens is 4. The first-order valence-electron chi connectivity index (χ1n) is 10.5. The summed E-state index contributed by atoms with van der Waals surface area (Å²) in [6.45, 7) is 2.14. The Morgan fingerprint density at radius 3 is 2.32 bits per heavy atom. The number of pyridine rings is 1. The van der Waals surface area contributed by atoms with Crippen molar-refractivity contribution in [1.82, 2.24) is 9.88 Å². The summed E-state index contributed by atoms with van der Waals surface area (Å²) < 4.78 is 38.6. The minimum absolute atomic E-state index is 0.0989. The standard InChI is InChI=1S/C24H20ClF3N4O2/c25-20-7-2-1-6-19(20)23(34)32-12-10-31(11-13-32)21-9-8-18(15-29-21)30-22(33)16-4-3-5-17(14-16)24(26,27)28/h1-9,14-15H,10-13H2,(H,30,33). The topological polar surface area (TPSA) is 65.5 Å². The van der Waals surface area contributed by atoms with Crippen LogP contribution >= 0.6 is 11.6 Å². The van der Waals surface area contributed by atoms with E-state index < -0.39 is 17.6 Å². The molecule has 1 saturated heterocycles. The summed E-state index contributed by atoms with van der Waals surface area (Å²) in [6, 6.07) is 14.5. The Bertz CT molecular complexity index is 1190. The van der Waals surface area contributed by atoms with Crippen molar-refractivity contribution < 1.29 is 22.8 Å². The van der Waals surface area contributed by atoms with Crippen LogP contribution < -0.4 is 10.2 Å². The molecule has 176 valence electrons. The van der Waals surface area contributed by atoms with E-state index in [2.05, 4.69) is 10.3 Å². The number of anilines is 2. The van der Waals surface area contributed by atoms with E-state index in [-0.39, 0.29) is 11.5 Å². The summed E-state index contributed by atoms with van der Waals surface area (Å²) in [5, 5.41) is 2.98. The van der Waals surface area contributed by atoms with Crippen LogP contribution in [0.3, 0.4) is 0 Å². The first-order chi connectivity index (χ1) is 16.2. The van der Waals surface area contributed by atoms with Gasteiger partial charge in [0.1, 0.15) is 5.82 Å². The molecule has 4 rings (SSSR count). The molecule has 3 aromatic rings. The lowest BCUT2D eigenvalue weighted by atomic mass is 10.1. The van der Waals surface area contributed by atoms with Crippen LogP contribution in [0, 0.1) is 0 Å². The Morgan fingerprint density at radius 1 is 0.941 bits per heavy atom. The van der Waals surface area contributed by atoms with Crippen LogP contribution in [0.5, 0.6) is 0 Å². The van der Waals surface area contributed by atoms with E-state index in [1.54, 1.807) is 41.3 Å². The lowest BCUT2D eigenvalue weighted by Gasteiger charge is -2.35. The zero-order chi connectivity index (χ0) is 24.3. The van der Waals surface area contributed by atoms with E-state index in [1.807, 2.05) is 4.90 Å². The van der Waals surface area contributed by atoms with Crippen molar-refractivity contribution >= 4 is 34.9 Å². The van der Waals surface area contributed by atoms with Gasteiger partial charge in [0.15, 0.2) is 0 Å². The van der Waals surface area contributed by atoms with Crippen LogP contribution in [0.25, 0.3) is 0 Å². The highest BCUT2D eigenvalue weighted by molar-refractivity contribution is 6.33. The first kappa shape index (κ1) is 23.6. The maximum Gasteiger partial charge on any atom is 0.416 e. The van der Waals surface area contributed by atoms with E-state index in [0.717, 1.165) is 12.1 Å². The third-order valence-electron chi connectivity index (χ3n) is 5.45. The van der Waals surface area contributed by atoms with Crippen LogP contribution in [0.1, 0.15) is 26.3 Å². The number of hydrogen-bond donors (Lipinski definition) is 1. The molecule has 0 unspecified atom stereocenters. The van der Waals surface area contributed by atoms with Gasteiger partial charge in [0.25, 0.3) is 11.8 Å². The normalized spacial score (nSPS) is 14.1. The summed E-state index contributed by atoms with van der Waals surface area (Å²) in [5.74, 6) is -0.111. The molecule has 1 aliphatic rings. The second-order valence-electron chi connectivity index (χ2n) is 7.70. The molecule has 0 aliphatic carbocycles. The smallest absolute Gasteiger partial charge is 0.353 e. The fraction of sp³-hybridized carbons (Fsp3) is 0.208. The number of rotatable bonds is 4. The van der Waals surface area contributed by atoms with Crippen molar-refractivity contribution in [2.45, 2.75) is 6.18 Å². The molecule has 2 aromatic carbocycles. The predicted octanol–water partition coefficient (Wildman–Crippen LogP) is 4.97. The van der Waals surface area contributed by atoms with Gasteiger partial charge in [-0.2, -0.15) is 13.2 Å². The van der Waals surface area contributed by atoms with Crippen LogP contribution in [0.15, 0.2) is 66.9 Å². The number of aromatic nitrogens is 1. The molecule has 10 heteroatoms. The number of nitrogens with zero attached hydrogens (tertiary/aromatic N) is 3. The molecule has 0 saturated carbocycles. The molecular weight excluding hydrogens is 469 g/mol. The molecular formula is C24H20ClF3N4O2. The number of carbonyl (C=O) groups is 2. The van der Waals surface area contributed by atoms with Gasteiger partial charge in [-0.3, -0.25) is 9.59 Å². The van der Waals surface area contributed by atoms with E-state index in [1.165, 1.54) is 18.3 Å². The molecule has 6 nitrogen and oxygen atoms in total. The molecule has 2 heterocycles.